The van der Waals surface area contributed by atoms with E-state index < -0.39 is 7.71 Å². The molecular weight excluding hydrogens is 245 g/mol. The maximum Gasteiger partial charge on any atom is 0.256 e. The fraction of sp³-hybridized carbons (Fsp3) is 0.846. The van der Waals surface area contributed by atoms with Crippen molar-refractivity contribution in [2.24, 2.45) is 5.92 Å². The van der Waals surface area contributed by atoms with Crippen molar-refractivity contribution in [2.45, 2.75) is 25.1 Å². The summed E-state index contributed by atoms with van der Waals surface area (Å²) in [5.41, 5.74) is 0. The Bertz CT molecular complexity index is 270. The van der Waals surface area contributed by atoms with Gasteiger partial charge in [-0.2, -0.15) is 14.0 Å². The van der Waals surface area contributed by atoms with Crippen LogP contribution in [0.2, 0.25) is 0 Å². The summed E-state index contributed by atoms with van der Waals surface area (Å²) in [6.45, 7) is 0. The van der Waals surface area contributed by atoms with Gasteiger partial charge in [0.1, 0.15) is 0 Å². The molecule has 0 heterocycles. The molecule has 2 unspecified atom stereocenters. The van der Waals surface area contributed by atoms with Crippen molar-refractivity contribution in [1.29, 1.82) is 0 Å². The van der Waals surface area contributed by atoms with E-state index in [4.69, 9.17) is 0 Å². The van der Waals surface area contributed by atoms with Gasteiger partial charge in [-0.1, -0.05) is 12.2 Å². The van der Waals surface area contributed by atoms with Crippen LogP contribution in [-0.2, 0) is 0 Å². The summed E-state index contributed by atoms with van der Waals surface area (Å²) in [7, 11) is 10.6. The van der Waals surface area contributed by atoms with E-state index in [0.29, 0.717) is 5.92 Å². The zero-order valence-corrected chi connectivity index (χ0v) is 13.6. The van der Waals surface area contributed by atoms with Crippen molar-refractivity contribution < 1.29 is 5.11 Å². The lowest BCUT2D eigenvalue weighted by molar-refractivity contribution is 0.152. The third-order valence-corrected chi connectivity index (χ3v) is 8.52. The molecule has 0 aliphatic heterocycles. The van der Waals surface area contributed by atoms with Crippen molar-refractivity contribution >= 4 is 7.71 Å². The van der Waals surface area contributed by atoms with E-state index in [1.165, 1.54) is 0 Å². The number of rotatable bonds is 5. The van der Waals surface area contributed by atoms with Gasteiger partial charge in [0, 0.05) is 48.2 Å². The van der Waals surface area contributed by atoms with Crippen LogP contribution in [0.5, 0.6) is 0 Å². The van der Waals surface area contributed by atoms with Crippen molar-refractivity contribution in [3.8, 4) is 0 Å². The van der Waals surface area contributed by atoms with Gasteiger partial charge in [0.2, 0.25) is 5.85 Å². The summed E-state index contributed by atoms with van der Waals surface area (Å²) in [6.07, 6.45) is 7.63. The molecule has 1 N–H and O–H groups in total. The van der Waals surface area contributed by atoms with Crippen LogP contribution in [0, 0.1) is 5.92 Å². The van der Waals surface area contributed by atoms with Gasteiger partial charge in [-0.3, -0.25) is 0 Å². The monoisotopic (exact) mass is 274 g/mol. The maximum absolute atomic E-state index is 11.0. The van der Waals surface area contributed by atoms with Gasteiger partial charge in [0.25, 0.3) is 7.71 Å². The van der Waals surface area contributed by atoms with Gasteiger partial charge in [-0.25, -0.2) is 0 Å². The highest BCUT2D eigenvalue weighted by Gasteiger charge is 2.56. The third-order valence-electron chi connectivity index (χ3n) is 3.85. The largest absolute Gasteiger partial charge is 0.355 e. The number of hydrogen-bond acceptors (Lipinski definition) is 4. The Morgan fingerprint density at radius 2 is 1.50 bits per heavy atom. The first-order valence-electron chi connectivity index (χ1n) is 6.60. The highest BCUT2D eigenvalue weighted by atomic mass is 31.2. The standard InChI is InChI=1S/C13H29N3OP/c1-14(2)18(15(3)4,16(5)6)13(17)12-10-8-7-9-11-12/h7-8,12-13,17H,9-11H2,1-6H3/q+1. The minimum absolute atomic E-state index is 0.289. The average molecular weight is 274 g/mol. The van der Waals surface area contributed by atoms with Gasteiger partial charge in [-0.15, -0.1) is 0 Å². The second-order valence-electron chi connectivity index (χ2n) is 5.61. The molecule has 1 rings (SSSR count). The summed E-state index contributed by atoms with van der Waals surface area (Å²) in [5, 5.41) is 11.0. The number of allylic oxidation sites excluding steroid dienone is 2. The Hall–Kier alpha value is 0.0100. The zero-order chi connectivity index (χ0) is 13.9. The Balaban J connectivity index is 3.04. The van der Waals surface area contributed by atoms with Gasteiger partial charge in [0.15, 0.2) is 0 Å². The summed E-state index contributed by atoms with van der Waals surface area (Å²) in [5.74, 6) is 0.0815. The summed E-state index contributed by atoms with van der Waals surface area (Å²) in [6, 6.07) is 0. The number of aliphatic hydroxyl groups excluding tert-OH is 1. The molecule has 1 aliphatic carbocycles. The molecule has 0 aromatic heterocycles. The summed E-state index contributed by atoms with van der Waals surface area (Å²) in [4.78, 5) is 0. The quantitative estimate of drug-likeness (QED) is 0.614. The van der Waals surface area contributed by atoms with Crippen LogP contribution in [0.1, 0.15) is 19.3 Å². The molecule has 0 saturated carbocycles. The number of aliphatic hydroxyl groups is 1. The lowest BCUT2D eigenvalue weighted by Gasteiger charge is -2.44. The smallest absolute Gasteiger partial charge is 0.256 e. The predicted octanol–water partition coefficient (Wildman–Crippen LogP) is 2.11. The van der Waals surface area contributed by atoms with Crippen LogP contribution in [-0.4, -0.2) is 67.2 Å². The van der Waals surface area contributed by atoms with Crippen molar-refractivity contribution in [1.82, 2.24) is 14.0 Å². The van der Waals surface area contributed by atoms with Crippen LogP contribution in [0.25, 0.3) is 0 Å². The highest BCUT2D eigenvalue weighted by molar-refractivity contribution is 7.69. The molecule has 0 amide bonds. The maximum atomic E-state index is 11.0. The fourth-order valence-electron chi connectivity index (χ4n) is 3.15. The molecule has 0 spiro atoms. The number of hydrogen-bond donors (Lipinski definition) is 1. The zero-order valence-electron chi connectivity index (χ0n) is 12.7. The minimum Gasteiger partial charge on any atom is -0.355 e. The lowest BCUT2D eigenvalue weighted by atomic mass is 9.95. The molecule has 5 heteroatoms. The topological polar surface area (TPSA) is 30.0 Å². The van der Waals surface area contributed by atoms with Crippen LogP contribution in [0.3, 0.4) is 0 Å². The molecule has 0 bridgehead atoms. The van der Waals surface area contributed by atoms with Crippen molar-refractivity contribution in [2.75, 3.05) is 42.3 Å². The lowest BCUT2D eigenvalue weighted by Crippen LogP contribution is -2.45. The SMILES string of the molecule is CN(C)[P+](C(O)C1CC=CCC1)(N(C)C)N(C)C. The molecule has 106 valence electrons. The van der Waals surface area contributed by atoms with E-state index in [1.54, 1.807) is 0 Å². The molecule has 0 aromatic carbocycles. The Morgan fingerprint density at radius 1 is 1.00 bits per heavy atom. The number of nitrogens with zero attached hydrogens (tertiary/aromatic N) is 3. The molecule has 0 aromatic rings. The van der Waals surface area contributed by atoms with Gasteiger partial charge in [0.05, 0.1) is 0 Å². The van der Waals surface area contributed by atoms with Crippen LogP contribution >= 0.6 is 7.71 Å². The van der Waals surface area contributed by atoms with E-state index in [-0.39, 0.29) is 5.85 Å². The Kier molecular flexibility index (Phi) is 5.75. The van der Waals surface area contributed by atoms with E-state index in [9.17, 15) is 5.11 Å². The molecule has 4 nitrogen and oxygen atoms in total. The molecule has 0 fully saturated rings. The van der Waals surface area contributed by atoms with Crippen molar-refractivity contribution in [3.05, 3.63) is 12.2 Å². The van der Waals surface area contributed by atoms with Crippen molar-refractivity contribution in [3.63, 3.8) is 0 Å². The Labute approximate surface area is 113 Å². The summed E-state index contributed by atoms with van der Waals surface area (Å²) < 4.78 is 6.65. The van der Waals surface area contributed by atoms with Crippen LogP contribution in [0.4, 0.5) is 0 Å². The Morgan fingerprint density at radius 3 is 1.83 bits per heavy atom. The minimum atomic E-state index is -1.85. The van der Waals surface area contributed by atoms with Crippen LogP contribution < -0.4 is 0 Å². The average Bonchev–Trinajstić information content (AvgIpc) is 2.29. The normalized spacial score (nSPS) is 23.1. The highest BCUT2D eigenvalue weighted by Crippen LogP contribution is 2.68. The molecule has 0 saturated heterocycles. The van der Waals surface area contributed by atoms with E-state index >= 15 is 0 Å². The van der Waals surface area contributed by atoms with Crippen LogP contribution in [0.15, 0.2) is 12.2 Å². The fourth-order valence-corrected chi connectivity index (χ4v) is 7.56. The van der Waals surface area contributed by atoms with Gasteiger partial charge < -0.3 is 5.11 Å². The third kappa shape index (κ3) is 2.78. The predicted molar refractivity (Wildman–Crippen MR) is 80.5 cm³/mol. The first kappa shape index (κ1) is 16.1. The van der Waals surface area contributed by atoms with E-state index in [1.807, 2.05) is 0 Å². The molecular formula is C13H29N3OP+. The molecule has 2 atom stereocenters. The molecule has 18 heavy (non-hydrogen) atoms. The second kappa shape index (κ2) is 6.44. The first-order chi connectivity index (χ1) is 8.35. The van der Waals surface area contributed by atoms with E-state index in [2.05, 4.69) is 68.4 Å². The van der Waals surface area contributed by atoms with E-state index in [0.717, 1.165) is 19.3 Å². The molecule has 0 radical (unpaired) electrons. The summed E-state index contributed by atoms with van der Waals surface area (Å²) >= 11 is 0. The first-order valence-corrected chi connectivity index (χ1v) is 8.32. The van der Waals surface area contributed by atoms with Gasteiger partial charge >= 0.3 is 0 Å². The van der Waals surface area contributed by atoms with Gasteiger partial charge in [-0.05, 0) is 19.3 Å². The second-order valence-corrected chi connectivity index (χ2v) is 9.77. The molecule has 1 aliphatic rings.